The summed E-state index contributed by atoms with van der Waals surface area (Å²) in [4.78, 5) is 0. The summed E-state index contributed by atoms with van der Waals surface area (Å²) in [6, 6.07) is 0. The van der Waals surface area contributed by atoms with Crippen LogP contribution in [0.1, 0.15) is 20.3 Å². The van der Waals surface area contributed by atoms with Crippen LogP contribution in [0.5, 0.6) is 0 Å². The van der Waals surface area contributed by atoms with E-state index in [4.69, 9.17) is 0 Å². The van der Waals surface area contributed by atoms with E-state index in [1.165, 1.54) is 18.5 Å². The molecule has 1 aliphatic heterocycles. The quantitative estimate of drug-likeness (QED) is 0.646. The number of nitrogens with one attached hydrogen (secondary N) is 1. The molecule has 2 rings (SSSR count). The molecule has 0 bridgehead atoms. The fourth-order valence-corrected chi connectivity index (χ4v) is 3.09. The Morgan fingerprint density at radius 2 is 2.46 bits per heavy atom. The summed E-state index contributed by atoms with van der Waals surface area (Å²) < 4.78 is 2.54. The Morgan fingerprint density at radius 1 is 1.62 bits per heavy atom. The molecule has 2 aliphatic rings. The summed E-state index contributed by atoms with van der Waals surface area (Å²) in [7, 11) is 0.796. The van der Waals surface area contributed by atoms with Gasteiger partial charge in [-0.1, -0.05) is 23.8 Å². The SMILES string of the molecule is CC1=CC=CC(C)(N2CCNP2)C1. The second-order valence-electron chi connectivity index (χ2n) is 4.10. The van der Waals surface area contributed by atoms with Crippen molar-refractivity contribution >= 4 is 8.88 Å². The lowest BCUT2D eigenvalue weighted by molar-refractivity contribution is 0.294. The lowest BCUT2D eigenvalue weighted by Gasteiger charge is -2.37. The zero-order valence-corrected chi connectivity index (χ0v) is 9.30. The molecule has 2 nitrogen and oxygen atoms in total. The zero-order valence-electron chi connectivity index (χ0n) is 8.30. The minimum atomic E-state index is 0.265. The molecular formula is C10H17N2P. The van der Waals surface area contributed by atoms with Crippen molar-refractivity contribution in [1.29, 1.82) is 0 Å². The van der Waals surface area contributed by atoms with Crippen LogP contribution in [-0.2, 0) is 0 Å². The largest absolute Gasteiger partial charge is 0.285 e. The van der Waals surface area contributed by atoms with Crippen molar-refractivity contribution < 1.29 is 0 Å². The van der Waals surface area contributed by atoms with Crippen molar-refractivity contribution in [3.05, 3.63) is 23.8 Å². The monoisotopic (exact) mass is 196 g/mol. The highest BCUT2D eigenvalue weighted by Gasteiger charge is 2.32. The minimum Gasteiger partial charge on any atom is -0.285 e. The molecule has 0 aromatic rings. The lowest BCUT2D eigenvalue weighted by atomic mass is 9.89. The minimum absolute atomic E-state index is 0.265. The standard InChI is InChI=1S/C10H17N2P/c1-9-4-3-5-10(2,8-9)12-7-6-11-13-12/h3-5,11,13H,6-8H2,1-2H3. The van der Waals surface area contributed by atoms with Gasteiger partial charge in [0.2, 0.25) is 0 Å². The van der Waals surface area contributed by atoms with E-state index in [-0.39, 0.29) is 5.54 Å². The van der Waals surface area contributed by atoms with Crippen molar-refractivity contribution in [2.45, 2.75) is 25.8 Å². The molecule has 72 valence electrons. The molecule has 0 aromatic heterocycles. The molecule has 1 N–H and O–H groups in total. The van der Waals surface area contributed by atoms with Crippen molar-refractivity contribution in [2.24, 2.45) is 0 Å². The second kappa shape index (κ2) is 3.53. The lowest BCUT2D eigenvalue weighted by Crippen LogP contribution is -2.39. The van der Waals surface area contributed by atoms with Crippen molar-refractivity contribution in [1.82, 2.24) is 9.76 Å². The first-order chi connectivity index (χ1) is 6.21. The first-order valence-corrected chi connectivity index (χ1v) is 5.77. The predicted molar refractivity (Wildman–Crippen MR) is 58.9 cm³/mol. The summed E-state index contributed by atoms with van der Waals surface area (Å²) in [6.07, 6.45) is 7.92. The zero-order chi connectivity index (χ0) is 9.31. The normalized spacial score (nSPS) is 36.9. The van der Waals surface area contributed by atoms with Gasteiger partial charge in [-0.15, -0.1) is 0 Å². The van der Waals surface area contributed by atoms with Gasteiger partial charge < -0.3 is 0 Å². The van der Waals surface area contributed by atoms with Crippen LogP contribution in [0.3, 0.4) is 0 Å². The molecule has 0 aromatic carbocycles. The van der Waals surface area contributed by atoms with Gasteiger partial charge in [-0.3, -0.25) is 9.76 Å². The third-order valence-corrected chi connectivity index (χ3v) is 4.18. The summed E-state index contributed by atoms with van der Waals surface area (Å²) in [6.45, 7) is 6.88. The highest BCUT2D eigenvalue weighted by Crippen LogP contribution is 2.36. The summed E-state index contributed by atoms with van der Waals surface area (Å²) in [5.41, 5.74) is 1.75. The number of rotatable bonds is 1. The Morgan fingerprint density at radius 3 is 3.08 bits per heavy atom. The third kappa shape index (κ3) is 1.85. The summed E-state index contributed by atoms with van der Waals surface area (Å²) >= 11 is 0. The van der Waals surface area contributed by atoms with Crippen molar-refractivity contribution in [2.75, 3.05) is 13.1 Å². The van der Waals surface area contributed by atoms with E-state index in [1.807, 2.05) is 0 Å². The highest BCUT2D eigenvalue weighted by atomic mass is 31.1. The Hall–Kier alpha value is -0.170. The smallest absolute Gasteiger partial charge is 0.0449 e. The molecule has 1 saturated heterocycles. The molecule has 0 spiro atoms. The van der Waals surface area contributed by atoms with Crippen LogP contribution in [0.15, 0.2) is 23.8 Å². The second-order valence-corrected chi connectivity index (χ2v) is 5.21. The number of hydrogen-bond donors (Lipinski definition) is 1. The Bertz CT molecular complexity index is 254. The van der Waals surface area contributed by atoms with E-state index in [1.54, 1.807) is 0 Å². The molecule has 0 radical (unpaired) electrons. The fraction of sp³-hybridized carbons (Fsp3) is 0.600. The number of hydrogen-bond acceptors (Lipinski definition) is 2. The molecule has 1 fully saturated rings. The van der Waals surface area contributed by atoms with E-state index in [9.17, 15) is 0 Å². The van der Waals surface area contributed by atoms with Crippen molar-refractivity contribution in [3.63, 3.8) is 0 Å². The number of nitrogens with zero attached hydrogens (tertiary/aromatic N) is 1. The predicted octanol–water partition coefficient (Wildman–Crippen LogP) is 2.07. The maximum Gasteiger partial charge on any atom is 0.0449 e. The van der Waals surface area contributed by atoms with Gasteiger partial charge in [0.1, 0.15) is 0 Å². The van der Waals surface area contributed by atoms with Crippen LogP contribution in [-0.4, -0.2) is 23.3 Å². The van der Waals surface area contributed by atoms with Crippen LogP contribution in [0.4, 0.5) is 0 Å². The van der Waals surface area contributed by atoms with Gasteiger partial charge in [0, 0.05) is 27.5 Å². The first-order valence-electron chi connectivity index (χ1n) is 4.82. The molecule has 13 heavy (non-hydrogen) atoms. The molecule has 1 aliphatic carbocycles. The fourth-order valence-electron chi connectivity index (χ4n) is 2.05. The van der Waals surface area contributed by atoms with Gasteiger partial charge in [0.05, 0.1) is 0 Å². The van der Waals surface area contributed by atoms with E-state index in [2.05, 4.69) is 41.8 Å². The maximum absolute atomic E-state index is 3.41. The molecular weight excluding hydrogens is 179 g/mol. The van der Waals surface area contributed by atoms with E-state index >= 15 is 0 Å². The molecule has 2 atom stereocenters. The topological polar surface area (TPSA) is 15.3 Å². The van der Waals surface area contributed by atoms with Crippen molar-refractivity contribution in [3.8, 4) is 0 Å². The van der Waals surface area contributed by atoms with Gasteiger partial charge >= 0.3 is 0 Å². The molecule has 1 heterocycles. The first kappa shape index (κ1) is 9.39. The summed E-state index contributed by atoms with van der Waals surface area (Å²) in [5, 5.41) is 3.41. The Labute approximate surface area is 82.0 Å². The van der Waals surface area contributed by atoms with Crippen LogP contribution in [0.2, 0.25) is 0 Å². The van der Waals surface area contributed by atoms with Gasteiger partial charge in [-0.25, -0.2) is 0 Å². The molecule has 0 amide bonds. The van der Waals surface area contributed by atoms with Crippen LogP contribution >= 0.6 is 8.88 Å². The number of allylic oxidation sites excluding steroid dienone is 2. The van der Waals surface area contributed by atoms with E-state index in [0.29, 0.717) is 0 Å². The third-order valence-electron chi connectivity index (χ3n) is 2.76. The van der Waals surface area contributed by atoms with Crippen LogP contribution in [0, 0.1) is 0 Å². The van der Waals surface area contributed by atoms with E-state index < -0.39 is 0 Å². The van der Waals surface area contributed by atoms with Gasteiger partial charge in [0.25, 0.3) is 0 Å². The summed E-state index contributed by atoms with van der Waals surface area (Å²) in [5.74, 6) is 0. The van der Waals surface area contributed by atoms with Gasteiger partial charge in [0.15, 0.2) is 0 Å². The maximum atomic E-state index is 3.41. The van der Waals surface area contributed by atoms with Crippen LogP contribution < -0.4 is 5.09 Å². The molecule has 0 saturated carbocycles. The highest BCUT2D eigenvalue weighted by molar-refractivity contribution is 7.33. The van der Waals surface area contributed by atoms with Gasteiger partial charge in [-0.05, 0) is 20.3 Å². The average Bonchev–Trinajstić information content (AvgIpc) is 2.55. The van der Waals surface area contributed by atoms with Gasteiger partial charge in [-0.2, -0.15) is 0 Å². The molecule has 2 unspecified atom stereocenters. The molecule has 3 heteroatoms. The Balaban J connectivity index is 2.12. The van der Waals surface area contributed by atoms with E-state index in [0.717, 1.165) is 15.4 Å². The van der Waals surface area contributed by atoms with Crippen LogP contribution in [0.25, 0.3) is 0 Å². The average molecular weight is 196 g/mol. The Kier molecular flexibility index (Phi) is 2.55.